The van der Waals surface area contributed by atoms with E-state index in [9.17, 15) is 22.8 Å². The van der Waals surface area contributed by atoms with Crippen LogP contribution in [-0.4, -0.2) is 34.2 Å². The van der Waals surface area contributed by atoms with E-state index in [4.69, 9.17) is 0 Å². The van der Waals surface area contributed by atoms with Crippen molar-refractivity contribution >= 4 is 23.2 Å². The number of carbonyl (C=O) groups is 2. The van der Waals surface area contributed by atoms with E-state index in [-0.39, 0.29) is 24.1 Å². The molecule has 0 fully saturated rings. The van der Waals surface area contributed by atoms with E-state index in [0.717, 1.165) is 34.7 Å². The highest BCUT2D eigenvalue weighted by molar-refractivity contribution is 7.09. The molecule has 33 heavy (non-hydrogen) atoms. The third kappa shape index (κ3) is 6.68. The summed E-state index contributed by atoms with van der Waals surface area (Å²) in [6.07, 6.45) is -4.48. The van der Waals surface area contributed by atoms with Crippen molar-refractivity contribution in [3.05, 3.63) is 93.7 Å². The van der Waals surface area contributed by atoms with Gasteiger partial charge in [0.2, 0.25) is 5.91 Å². The summed E-state index contributed by atoms with van der Waals surface area (Å²) in [6.45, 7) is 4.17. The van der Waals surface area contributed by atoms with Gasteiger partial charge in [-0.05, 0) is 55.1 Å². The van der Waals surface area contributed by atoms with Crippen LogP contribution in [0.4, 0.5) is 13.2 Å². The summed E-state index contributed by atoms with van der Waals surface area (Å²) < 4.78 is 38.6. The molecule has 0 aliphatic carbocycles. The zero-order valence-corrected chi connectivity index (χ0v) is 19.2. The van der Waals surface area contributed by atoms with Crippen LogP contribution < -0.4 is 0 Å². The number of benzene rings is 2. The fourth-order valence-corrected chi connectivity index (χ4v) is 4.05. The topological polar surface area (TPSA) is 40.6 Å². The minimum absolute atomic E-state index is 0.109. The lowest BCUT2D eigenvalue weighted by molar-refractivity contribution is -0.137. The molecule has 4 nitrogen and oxygen atoms in total. The van der Waals surface area contributed by atoms with Crippen molar-refractivity contribution in [3.8, 4) is 0 Å². The van der Waals surface area contributed by atoms with E-state index in [1.807, 2.05) is 47.8 Å². The van der Waals surface area contributed by atoms with Crippen molar-refractivity contribution in [2.24, 2.45) is 0 Å². The van der Waals surface area contributed by atoms with Gasteiger partial charge in [0.1, 0.15) is 6.54 Å². The molecule has 0 saturated heterocycles. The Labute approximate surface area is 195 Å². The first-order valence-corrected chi connectivity index (χ1v) is 11.4. The van der Waals surface area contributed by atoms with Crippen molar-refractivity contribution < 1.29 is 22.8 Å². The number of halogens is 3. The van der Waals surface area contributed by atoms with Gasteiger partial charge >= 0.3 is 6.18 Å². The number of carbonyl (C=O) groups excluding carboxylic acids is 2. The molecule has 3 aromatic rings. The van der Waals surface area contributed by atoms with Gasteiger partial charge in [0, 0.05) is 23.0 Å². The van der Waals surface area contributed by atoms with E-state index in [2.05, 4.69) is 0 Å². The first-order valence-electron chi connectivity index (χ1n) is 10.5. The molecule has 0 aliphatic heterocycles. The van der Waals surface area contributed by atoms with Crippen LogP contribution in [0.25, 0.3) is 0 Å². The molecule has 0 spiro atoms. The number of hydrogen-bond acceptors (Lipinski definition) is 3. The smallest absolute Gasteiger partial charge is 0.332 e. The fourth-order valence-electron chi connectivity index (χ4n) is 3.33. The Hall–Kier alpha value is -3.13. The molecule has 0 unspecified atom stereocenters. The monoisotopic (exact) mass is 474 g/mol. The Kier molecular flexibility index (Phi) is 7.92. The zero-order valence-electron chi connectivity index (χ0n) is 18.4. The zero-order chi connectivity index (χ0) is 24.0. The number of hydrogen-bond donors (Lipinski definition) is 0. The molecule has 0 aliphatic rings. The van der Waals surface area contributed by atoms with Crippen molar-refractivity contribution in [2.75, 3.05) is 6.54 Å². The predicted molar refractivity (Wildman–Crippen MR) is 123 cm³/mol. The van der Waals surface area contributed by atoms with E-state index in [1.165, 1.54) is 4.90 Å². The summed E-state index contributed by atoms with van der Waals surface area (Å²) in [6, 6.07) is 17.2. The SMILES string of the molecule is CC(C)N(CC(=O)N(Cc1ccccc1)Cc1cccs1)C(=O)c1ccc(C(F)(F)F)cc1. The number of thiophene rings is 1. The molecule has 2 amide bonds. The Morgan fingerprint density at radius 2 is 1.58 bits per heavy atom. The van der Waals surface area contributed by atoms with Gasteiger partial charge in [0.15, 0.2) is 0 Å². The minimum Gasteiger partial charge on any atom is -0.332 e. The van der Waals surface area contributed by atoms with Gasteiger partial charge in [-0.1, -0.05) is 36.4 Å². The molecular weight excluding hydrogens is 449 g/mol. The van der Waals surface area contributed by atoms with Crippen LogP contribution in [0, 0.1) is 0 Å². The Morgan fingerprint density at radius 1 is 0.909 bits per heavy atom. The van der Waals surface area contributed by atoms with Crippen LogP contribution in [0.15, 0.2) is 72.1 Å². The molecule has 0 atom stereocenters. The van der Waals surface area contributed by atoms with Gasteiger partial charge in [0.25, 0.3) is 5.91 Å². The van der Waals surface area contributed by atoms with Crippen LogP contribution in [0.3, 0.4) is 0 Å². The molecule has 1 aromatic heterocycles. The van der Waals surface area contributed by atoms with Crippen LogP contribution in [0.5, 0.6) is 0 Å². The van der Waals surface area contributed by atoms with E-state index < -0.39 is 17.6 Å². The van der Waals surface area contributed by atoms with Gasteiger partial charge in [-0.3, -0.25) is 9.59 Å². The molecular formula is C25H25F3N2O2S. The summed E-state index contributed by atoms with van der Waals surface area (Å²) in [4.78, 5) is 30.4. The van der Waals surface area contributed by atoms with E-state index in [1.54, 1.807) is 30.1 Å². The fraction of sp³-hybridized carbons (Fsp3) is 0.280. The standard InChI is InChI=1S/C25H25F3N2O2S/c1-18(2)30(24(32)20-10-12-21(13-11-20)25(26,27)28)17-23(31)29(16-22-9-6-14-33-22)15-19-7-4-3-5-8-19/h3-14,18H,15-17H2,1-2H3. The van der Waals surface area contributed by atoms with Crippen molar-refractivity contribution in [2.45, 2.75) is 39.2 Å². The van der Waals surface area contributed by atoms with Gasteiger partial charge < -0.3 is 9.80 Å². The highest BCUT2D eigenvalue weighted by atomic mass is 32.1. The summed E-state index contributed by atoms with van der Waals surface area (Å²) in [5, 5.41) is 1.94. The molecule has 2 aromatic carbocycles. The predicted octanol–water partition coefficient (Wildman–Crippen LogP) is 5.85. The van der Waals surface area contributed by atoms with Crippen LogP contribution in [0.2, 0.25) is 0 Å². The number of rotatable bonds is 8. The second kappa shape index (κ2) is 10.7. The molecule has 0 bridgehead atoms. The Bertz CT molecular complexity index is 1050. The average molecular weight is 475 g/mol. The lowest BCUT2D eigenvalue weighted by Gasteiger charge is -2.30. The Morgan fingerprint density at radius 3 is 2.12 bits per heavy atom. The lowest BCUT2D eigenvalue weighted by atomic mass is 10.1. The minimum atomic E-state index is -4.48. The number of amides is 2. The average Bonchev–Trinajstić information content (AvgIpc) is 3.29. The van der Waals surface area contributed by atoms with E-state index in [0.29, 0.717) is 13.1 Å². The number of nitrogens with zero attached hydrogens (tertiary/aromatic N) is 2. The maximum Gasteiger partial charge on any atom is 0.416 e. The quantitative estimate of drug-likeness (QED) is 0.411. The van der Waals surface area contributed by atoms with Crippen molar-refractivity contribution in [3.63, 3.8) is 0 Å². The molecule has 0 radical (unpaired) electrons. The normalized spacial score (nSPS) is 11.5. The maximum absolute atomic E-state index is 13.3. The second-order valence-electron chi connectivity index (χ2n) is 7.92. The first-order chi connectivity index (χ1) is 15.6. The number of alkyl halides is 3. The molecule has 3 rings (SSSR count). The van der Waals surface area contributed by atoms with Gasteiger partial charge in [-0.2, -0.15) is 13.2 Å². The van der Waals surface area contributed by atoms with Crippen LogP contribution in [-0.2, 0) is 24.1 Å². The lowest BCUT2D eigenvalue weighted by Crippen LogP contribution is -2.45. The van der Waals surface area contributed by atoms with Gasteiger partial charge in [-0.15, -0.1) is 11.3 Å². The van der Waals surface area contributed by atoms with Crippen LogP contribution >= 0.6 is 11.3 Å². The molecule has 174 valence electrons. The first kappa shape index (κ1) is 24.5. The van der Waals surface area contributed by atoms with Crippen LogP contribution in [0.1, 0.15) is 40.2 Å². The highest BCUT2D eigenvalue weighted by Crippen LogP contribution is 2.29. The van der Waals surface area contributed by atoms with Crippen molar-refractivity contribution in [1.82, 2.24) is 9.80 Å². The molecule has 8 heteroatoms. The second-order valence-corrected chi connectivity index (χ2v) is 8.95. The summed E-state index contributed by atoms with van der Waals surface area (Å²) in [5.74, 6) is -0.718. The van der Waals surface area contributed by atoms with Crippen molar-refractivity contribution in [1.29, 1.82) is 0 Å². The van der Waals surface area contributed by atoms with E-state index >= 15 is 0 Å². The molecule has 0 saturated carbocycles. The third-order valence-electron chi connectivity index (χ3n) is 5.14. The highest BCUT2D eigenvalue weighted by Gasteiger charge is 2.31. The molecule has 0 N–H and O–H groups in total. The molecule has 1 heterocycles. The summed E-state index contributed by atoms with van der Waals surface area (Å²) >= 11 is 1.54. The third-order valence-corrected chi connectivity index (χ3v) is 6.01. The summed E-state index contributed by atoms with van der Waals surface area (Å²) in [7, 11) is 0. The van der Waals surface area contributed by atoms with Gasteiger partial charge in [-0.25, -0.2) is 0 Å². The summed E-state index contributed by atoms with van der Waals surface area (Å²) in [5.41, 5.74) is 0.251. The van der Waals surface area contributed by atoms with Gasteiger partial charge in [0.05, 0.1) is 12.1 Å². The maximum atomic E-state index is 13.3. The largest absolute Gasteiger partial charge is 0.416 e. The Balaban J connectivity index is 1.79.